The van der Waals surface area contributed by atoms with E-state index in [1.165, 1.54) is 18.2 Å². The zero-order valence-electron chi connectivity index (χ0n) is 13.0. The normalized spacial score (nSPS) is 17.0. The number of carbonyl (C=O) groups excluding carboxylic acids is 3. The minimum absolute atomic E-state index is 0.188. The Hall–Kier alpha value is -3.03. The first-order valence-electron chi connectivity index (χ1n) is 7.68. The van der Waals surface area contributed by atoms with Gasteiger partial charge in [-0.05, 0) is 24.3 Å². The van der Waals surface area contributed by atoms with Crippen LogP contribution < -0.4 is 0 Å². The molecule has 0 radical (unpaired) electrons. The molecule has 2 aliphatic heterocycles. The van der Waals surface area contributed by atoms with Gasteiger partial charge in [0.05, 0.1) is 29.9 Å². The van der Waals surface area contributed by atoms with Crippen LogP contribution in [0.2, 0.25) is 0 Å². The van der Waals surface area contributed by atoms with Gasteiger partial charge in [-0.1, -0.05) is 29.3 Å². The standard InChI is InChI=1S/C18H13NO6/c20-15-13-6-1-2-7-14(13)16(21)19(15)25-17(22)11-4-3-5-12(10-11)18-23-8-9-24-18/h1-7,10,18H,8-9H2. The fourth-order valence-electron chi connectivity index (χ4n) is 2.75. The minimum Gasteiger partial charge on any atom is -0.346 e. The molecule has 0 atom stereocenters. The molecule has 0 aliphatic carbocycles. The summed E-state index contributed by atoms with van der Waals surface area (Å²) < 4.78 is 10.8. The molecule has 2 aromatic carbocycles. The molecule has 4 rings (SSSR count). The van der Waals surface area contributed by atoms with Gasteiger partial charge in [-0.3, -0.25) is 9.59 Å². The molecule has 2 heterocycles. The van der Waals surface area contributed by atoms with E-state index in [1.807, 2.05) is 0 Å². The van der Waals surface area contributed by atoms with Crippen LogP contribution in [0.5, 0.6) is 0 Å². The summed E-state index contributed by atoms with van der Waals surface area (Å²) in [6, 6.07) is 12.8. The Morgan fingerprint density at radius 3 is 2.24 bits per heavy atom. The molecule has 0 bridgehead atoms. The largest absolute Gasteiger partial charge is 0.363 e. The van der Waals surface area contributed by atoms with Crippen molar-refractivity contribution >= 4 is 17.8 Å². The number of fused-ring (bicyclic) bond motifs is 1. The van der Waals surface area contributed by atoms with Crippen molar-refractivity contribution in [3.8, 4) is 0 Å². The Labute approximate surface area is 142 Å². The van der Waals surface area contributed by atoms with Crippen LogP contribution in [0.15, 0.2) is 48.5 Å². The molecule has 25 heavy (non-hydrogen) atoms. The summed E-state index contributed by atoms with van der Waals surface area (Å²) in [6.45, 7) is 0.961. The Morgan fingerprint density at radius 2 is 1.60 bits per heavy atom. The van der Waals surface area contributed by atoms with Crippen LogP contribution in [0.4, 0.5) is 0 Å². The number of rotatable bonds is 3. The van der Waals surface area contributed by atoms with Crippen LogP contribution >= 0.6 is 0 Å². The molecule has 1 fully saturated rings. The van der Waals surface area contributed by atoms with Gasteiger partial charge in [0.15, 0.2) is 6.29 Å². The number of hydrogen-bond acceptors (Lipinski definition) is 6. The van der Waals surface area contributed by atoms with Crippen LogP contribution in [0, 0.1) is 0 Å². The van der Waals surface area contributed by atoms with Crippen molar-refractivity contribution in [2.24, 2.45) is 0 Å². The van der Waals surface area contributed by atoms with E-state index < -0.39 is 24.1 Å². The number of amides is 2. The van der Waals surface area contributed by atoms with Crippen molar-refractivity contribution in [1.29, 1.82) is 0 Å². The van der Waals surface area contributed by atoms with Gasteiger partial charge in [-0.15, -0.1) is 0 Å². The van der Waals surface area contributed by atoms with E-state index in [2.05, 4.69) is 0 Å². The molecule has 1 saturated heterocycles. The van der Waals surface area contributed by atoms with Gasteiger partial charge in [-0.2, -0.15) is 0 Å². The lowest BCUT2D eigenvalue weighted by Gasteiger charge is -2.14. The maximum Gasteiger partial charge on any atom is 0.363 e. The third kappa shape index (κ3) is 2.69. The van der Waals surface area contributed by atoms with Gasteiger partial charge < -0.3 is 14.3 Å². The summed E-state index contributed by atoms with van der Waals surface area (Å²) in [6.07, 6.45) is -0.535. The summed E-state index contributed by atoms with van der Waals surface area (Å²) in [5, 5.41) is 0.488. The molecular formula is C18H13NO6. The zero-order valence-corrected chi connectivity index (χ0v) is 13.0. The highest BCUT2D eigenvalue weighted by molar-refractivity contribution is 6.21. The first-order valence-corrected chi connectivity index (χ1v) is 7.68. The highest BCUT2D eigenvalue weighted by atomic mass is 16.7. The van der Waals surface area contributed by atoms with Gasteiger partial charge >= 0.3 is 5.97 Å². The average Bonchev–Trinajstić information content (AvgIpc) is 3.26. The number of hydrogen-bond donors (Lipinski definition) is 0. The highest BCUT2D eigenvalue weighted by Crippen LogP contribution is 2.26. The Kier molecular flexibility index (Phi) is 3.79. The molecule has 0 aromatic heterocycles. The number of nitrogens with zero attached hydrogens (tertiary/aromatic N) is 1. The van der Waals surface area contributed by atoms with Crippen molar-refractivity contribution in [3.05, 3.63) is 70.8 Å². The third-order valence-electron chi connectivity index (χ3n) is 3.95. The number of ether oxygens (including phenoxy) is 2. The lowest BCUT2D eigenvalue weighted by Crippen LogP contribution is -2.32. The van der Waals surface area contributed by atoms with Crippen LogP contribution in [-0.4, -0.2) is 36.1 Å². The smallest absolute Gasteiger partial charge is 0.346 e. The van der Waals surface area contributed by atoms with Gasteiger partial charge in [0.2, 0.25) is 0 Å². The molecule has 7 nitrogen and oxygen atoms in total. The van der Waals surface area contributed by atoms with E-state index >= 15 is 0 Å². The molecule has 0 saturated carbocycles. The fraction of sp³-hybridized carbons (Fsp3) is 0.167. The molecule has 2 aliphatic rings. The average molecular weight is 339 g/mol. The zero-order chi connectivity index (χ0) is 17.4. The van der Waals surface area contributed by atoms with Gasteiger partial charge in [0.25, 0.3) is 11.8 Å². The maximum atomic E-state index is 12.4. The summed E-state index contributed by atoms with van der Waals surface area (Å²) in [5.74, 6) is -2.13. The lowest BCUT2D eigenvalue weighted by atomic mass is 10.1. The maximum absolute atomic E-state index is 12.4. The molecule has 2 amide bonds. The number of hydroxylamine groups is 2. The van der Waals surface area contributed by atoms with E-state index in [0.717, 1.165) is 0 Å². The first-order chi connectivity index (χ1) is 12.1. The molecule has 7 heteroatoms. The molecule has 0 N–H and O–H groups in total. The summed E-state index contributed by atoms with van der Waals surface area (Å²) in [5.41, 5.74) is 1.27. The SMILES string of the molecule is O=C(ON1C(=O)c2ccccc2C1=O)c1cccc(C2OCCO2)c1. The van der Waals surface area contributed by atoms with Crippen LogP contribution in [0.3, 0.4) is 0 Å². The van der Waals surface area contributed by atoms with E-state index in [1.54, 1.807) is 30.3 Å². The number of carbonyl (C=O) groups is 3. The second-order valence-electron chi connectivity index (χ2n) is 5.53. The van der Waals surface area contributed by atoms with Crippen molar-refractivity contribution < 1.29 is 28.7 Å². The van der Waals surface area contributed by atoms with Gasteiger partial charge in [0.1, 0.15) is 0 Å². The van der Waals surface area contributed by atoms with Gasteiger partial charge in [-0.25, -0.2) is 4.79 Å². The monoisotopic (exact) mass is 339 g/mol. The number of imide groups is 1. The summed E-state index contributed by atoms with van der Waals surface area (Å²) in [7, 11) is 0. The second kappa shape index (κ2) is 6.12. The van der Waals surface area contributed by atoms with E-state index in [-0.39, 0.29) is 16.7 Å². The van der Waals surface area contributed by atoms with Crippen molar-refractivity contribution in [2.45, 2.75) is 6.29 Å². The van der Waals surface area contributed by atoms with Crippen LogP contribution in [0.1, 0.15) is 42.9 Å². The van der Waals surface area contributed by atoms with E-state index in [9.17, 15) is 14.4 Å². The molecule has 126 valence electrons. The summed E-state index contributed by atoms with van der Waals surface area (Å²) in [4.78, 5) is 41.9. The lowest BCUT2D eigenvalue weighted by molar-refractivity contribution is -0.0587. The minimum atomic E-state index is -0.811. The fourth-order valence-corrected chi connectivity index (χ4v) is 2.75. The van der Waals surface area contributed by atoms with E-state index in [0.29, 0.717) is 23.8 Å². The quantitative estimate of drug-likeness (QED) is 0.797. The second-order valence-corrected chi connectivity index (χ2v) is 5.53. The number of benzene rings is 2. The predicted molar refractivity (Wildman–Crippen MR) is 83.4 cm³/mol. The van der Waals surface area contributed by atoms with Crippen LogP contribution in [0.25, 0.3) is 0 Å². The predicted octanol–water partition coefficient (Wildman–Crippen LogP) is 2.10. The summed E-state index contributed by atoms with van der Waals surface area (Å²) >= 11 is 0. The van der Waals surface area contributed by atoms with Crippen molar-refractivity contribution in [1.82, 2.24) is 5.06 Å². The Balaban J connectivity index is 1.54. The Bertz CT molecular complexity index is 836. The topological polar surface area (TPSA) is 82.1 Å². The van der Waals surface area contributed by atoms with Crippen molar-refractivity contribution in [3.63, 3.8) is 0 Å². The van der Waals surface area contributed by atoms with Crippen molar-refractivity contribution in [2.75, 3.05) is 13.2 Å². The molecule has 0 unspecified atom stereocenters. The molecule has 2 aromatic rings. The molecular weight excluding hydrogens is 326 g/mol. The van der Waals surface area contributed by atoms with Crippen LogP contribution in [-0.2, 0) is 14.3 Å². The molecule has 0 spiro atoms. The van der Waals surface area contributed by atoms with E-state index in [4.69, 9.17) is 14.3 Å². The first kappa shape index (κ1) is 15.5. The highest BCUT2D eigenvalue weighted by Gasteiger charge is 2.38. The Morgan fingerprint density at radius 1 is 0.960 bits per heavy atom. The van der Waals surface area contributed by atoms with Gasteiger partial charge in [0, 0.05) is 5.56 Å². The third-order valence-corrected chi connectivity index (χ3v) is 3.95.